The number of aromatic nitrogens is 1. The van der Waals surface area contributed by atoms with E-state index < -0.39 is 0 Å². The van der Waals surface area contributed by atoms with Crippen LogP contribution in [0.15, 0.2) is 48.5 Å². The third-order valence-electron chi connectivity index (χ3n) is 5.21. The molecular weight excluding hydrogens is 394 g/mol. The normalized spacial score (nSPS) is 13.7. The van der Waals surface area contributed by atoms with Crippen molar-refractivity contribution in [1.29, 1.82) is 0 Å². The van der Waals surface area contributed by atoms with Crippen LogP contribution in [0.2, 0.25) is 0 Å². The number of aryl methyl sites for hydroxylation is 2. The van der Waals surface area contributed by atoms with Crippen molar-refractivity contribution in [3.05, 3.63) is 69.5 Å². The predicted molar refractivity (Wildman–Crippen MR) is 120 cm³/mol. The molecule has 5 nitrogen and oxygen atoms in total. The number of hydrogen-bond donors (Lipinski definition) is 1. The van der Waals surface area contributed by atoms with Gasteiger partial charge >= 0.3 is 0 Å². The van der Waals surface area contributed by atoms with E-state index in [1.54, 1.807) is 11.3 Å². The van der Waals surface area contributed by atoms with Gasteiger partial charge in [-0.3, -0.25) is 9.59 Å². The molecule has 154 valence electrons. The van der Waals surface area contributed by atoms with E-state index in [4.69, 9.17) is 0 Å². The minimum absolute atomic E-state index is 0.0681. The van der Waals surface area contributed by atoms with Crippen LogP contribution in [0.3, 0.4) is 0 Å². The third kappa shape index (κ3) is 4.76. The summed E-state index contributed by atoms with van der Waals surface area (Å²) >= 11 is 1.56. The molecule has 1 saturated heterocycles. The van der Waals surface area contributed by atoms with Gasteiger partial charge in [0.25, 0.3) is 0 Å². The van der Waals surface area contributed by atoms with Gasteiger partial charge in [0.05, 0.1) is 17.1 Å². The number of thiazole rings is 1. The number of carbonyl (C=O) groups is 2. The van der Waals surface area contributed by atoms with Gasteiger partial charge in [0, 0.05) is 35.6 Å². The second-order valence-corrected chi connectivity index (χ2v) is 9.00. The van der Waals surface area contributed by atoms with Crippen molar-refractivity contribution in [2.45, 2.75) is 39.7 Å². The van der Waals surface area contributed by atoms with Crippen molar-refractivity contribution in [2.75, 3.05) is 11.9 Å². The van der Waals surface area contributed by atoms with E-state index in [-0.39, 0.29) is 18.2 Å². The van der Waals surface area contributed by atoms with Gasteiger partial charge < -0.3 is 10.2 Å². The molecular formula is C24H25N3O2S. The fraction of sp³-hybridized carbons (Fsp3) is 0.292. The summed E-state index contributed by atoms with van der Waals surface area (Å²) < 4.78 is 0. The Bertz CT molecular complexity index is 1070. The van der Waals surface area contributed by atoms with Crippen LogP contribution in [-0.2, 0) is 22.6 Å². The summed E-state index contributed by atoms with van der Waals surface area (Å²) in [6, 6.07) is 16.0. The van der Waals surface area contributed by atoms with E-state index in [1.165, 1.54) is 5.56 Å². The summed E-state index contributed by atoms with van der Waals surface area (Å²) in [6.07, 6.45) is 1.84. The number of benzene rings is 2. The molecule has 0 radical (unpaired) electrons. The summed E-state index contributed by atoms with van der Waals surface area (Å²) in [4.78, 5) is 32.1. The molecule has 1 aromatic heterocycles. The Morgan fingerprint density at radius 1 is 1.17 bits per heavy atom. The van der Waals surface area contributed by atoms with E-state index in [0.717, 1.165) is 45.4 Å². The second-order valence-electron chi connectivity index (χ2n) is 7.71. The number of rotatable bonds is 6. The summed E-state index contributed by atoms with van der Waals surface area (Å²) in [5.41, 5.74) is 4.89. The van der Waals surface area contributed by atoms with Crippen LogP contribution >= 0.6 is 11.3 Å². The van der Waals surface area contributed by atoms with Crippen LogP contribution < -0.4 is 5.32 Å². The highest BCUT2D eigenvalue weighted by Crippen LogP contribution is 2.29. The number of amides is 2. The van der Waals surface area contributed by atoms with E-state index in [2.05, 4.69) is 29.4 Å². The van der Waals surface area contributed by atoms with Crippen LogP contribution in [0, 0.1) is 13.8 Å². The Morgan fingerprint density at radius 3 is 2.70 bits per heavy atom. The minimum atomic E-state index is -0.0681. The Morgan fingerprint density at radius 2 is 1.97 bits per heavy atom. The molecule has 0 aliphatic carbocycles. The predicted octanol–water partition coefficient (Wildman–Crippen LogP) is 4.73. The van der Waals surface area contributed by atoms with Gasteiger partial charge in [-0.05, 0) is 38.0 Å². The van der Waals surface area contributed by atoms with Crippen molar-refractivity contribution >= 4 is 28.8 Å². The maximum atomic E-state index is 12.7. The van der Waals surface area contributed by atoms with Gasteiger partial charge in [-0.2, -0.15) is 0 Å². The van der Waals surface area contributed by atoms with E-state index in [1.807, 2.05) is 48.2 Å². The summed E-state index contributed by atoms with van der Waals surface area (Å²) in [5.74, 6) is 0.134. The lowest BCUT2D eigenvalue weighted by molar-refractivity contribution is -0.128. The molecule has 2 aromatic carbocycles. The lowest BCUT2D eigenvalue weighted by Gasteiger charge is -2.16. The topological polar surface area (TPSA) is 62.3 Å². The highest BCUT2D eigenvalue weighted by Gasteiger charge is 2.20. The fourth-order valence-corrected chi connectivity index (χ4v) is 4.67. The van der Waals surface area contributed by atoms with E-state index in [0.29, 0.717) is 13.0 Å². The maximum absolute atomic E-state index is 12.7. The molecule has 1 aliphatic rings. The summed E-state index contributed by atoms with van der Waals surface area (Å²) in [5, 5.41) is 3.95. The first-order valence-corrected chi connectivity index (χ1v) is 11.0. The second kappa shape index (κ2) is 8.79. The van der Waals surface area contributed by atoms with Gasteiger partial charge in [-0.1, -0.05) is 42.0 Å². The zero-order valence-electron chi connectivity index (χ0n) is 17.3. The first kappa shape index (κ1) is 20.3. The van der Waals surface area contributed by atoms with Crippen molar-refractivity contribution < 1.29 is 9.59 Å². The average Bonchev–Trinajstić information content (AvgIpc) is 3.28. The first-order valence-electron chi connectivity index (χ1n) is 10.2. The zero-order chi connectivity index (χ0) is 21.1. The standard InChI is InChI=1S/C24H25N3O2S/c1-16-8-10-19(11-9-16)24-21(30-17(2)25-24)14-22(28)26-20-6-3-5-18(13-20)15-27-12-4-7-23(27)29/h3,5-6,8-11,13H,4,7,12,14-15H2,1-2H3,(H,26,28). The molecule has 30 heavy (non-hydrogen) atoms. The van der Waals surface area contributed by atoms with Crippen LogP contribution in [0.4, 0.5) is 5.69 Å². The lowest BCUT2D eigenvalue weighted by atomic mass is 10.1. The smallest absolute Gasteiger partial charge is 0.229 e. The van der Waals surface area contributed by atoms with Crippen molar-refractivity contribution in [1.82, 2.24) is 9.88 Å². The Balaban J connectivity index is 1.45. The highest BCUT2D eigenvalue weighted by atomic mass is 32.1. The summed E-state index contributed by atoms with van der Waals surface area (Å²) in [6.45, 7) is 5.42. The summed E-state index contributed by atoms with van der Waals surface area (Å²) in [7, 11) is 0. The number of anilines is 1. The van der Waals surface area contributed by atoms with Crippen molar-refractivity contribution in [3.8, 4) is 11.3 Å². The quantitative estimate of drug-likeness (QED) is 0.628. The fourth-order valence-electron chi connectivity index (χ4n) is 3.72. The number of likely N-dealkylation sites (tertiary alicyclic amines) is 1. The molecule has 0 atom stereocenters. The lowest BCUT2D eigenvalue weighted by Crippen LogP contribution is -2.23. The molecule has 1 N–H and O–H groups in total. The molecule has 2 amide bonds. The molecule has 1 aliphatic heterocycles. The molecule has 2 heterocycles. The number of nitrogens with zero attached hydrogens (tertiary/aromatic N) is 2. The molecule has 3 aromatic rings. The molecule has 1 fully saturated rings. The van der Waals surface area contributed by atoms with Crippen LogP contribution in [0.5, 0.6) is 0 Å². The molecule has 4 rings (SSSR count). The van der Waals surface area contributed by atoms with Crippen LogP contribution in [0.1, 0.15) is 33.9 Å². The number of hydrogen-bond acceptors (Lipinski definition) is 4. The monoisotopic (exact) mass is 419 g/mol. The van der Waals surface area contributed by atoms with Gasteiger partial charge in [0.15, 0.2) is 0 Å². The molecule has 0 unspecified atom stereocenters. The Hall–Kier alpha value is -2.99. The van der Waals surface area contributed by atoms with Gasteiger partial charge in [-0.25, -0.2) is 4.98 Å². The average molecular weight is 420 g/mol. The molecule has 0 bridgehead atoms. The molecule has 6 heteroatoms. The number of nitrogens with one attached hydrogen (secondary N) is 1. The maximum Gasteiger partial charge on any atom is 0.229 e. The SMILES string of the molecule is Cc1ccc(-c2nc(C)sc2CC(=O)Nc2cccc(CN3CCCC3=O)c2)cc1. The molecule has 0 spiro atoms. The van der Waals surface area contributed by atoms with Gasteiger partial charge in [0.1, 0.15) is 0 Å². The van der Waals surface area contributed by atoms with Crippen LogP contribution in [-0.4, -0.2) is 28.2 Å². The third-order valence-corrected chi connectivity index (χ3v) is 6.18. The van der Waals surface area contributed by atoms with Crippen molar-refractivity contribution in [3.63, 3.8) is 0 Å². The minimum Gasteiger partial charge on any atom is -0.338 e. The largest absolute Gasteiger partial charge is 0.338 e. The van der Waals surface area contributed by atoms with Gasteiger partial charge in [-0.15, -0.1) is 11.3 Å². The zero-order valence-corrected chi connectivity index (χ0v) is 18.1. The molecule has 0 saturated carbocycles. The highest BCUT2D eigenvalue weighted by molar-refractivity contribution is 7.12. The number of carbonyl (C=O) groups excluding carboxylic acids is 2. The van der Waals surface area contributed by atoms with Gasteiger partial charge in [0.2, 0.25) is 11.8 Å². The Labute approximate surface area is 180 Å². The first-order chi connectivity index (χ1) is 14.5. The van der Waals surface area contributed by atoms with E-state index in [9.17, 15) is 9.59 Å². The van der Waals surface area contributed by atoms with Crippen LogP contribution in [0.25, 0.3) is 11.3 Å². The van der Waals surface area contributed by atoms with Crippen molar-refractivity contribution in [2.24, 2.45) is 0 Å². The van der Waals surface area contributed by atoms with E-state index >= 15 is 0 Å². The Kier molecular flexibility index (Phi) is 5.95.